The second-order valence-corrected chi connectivity index (χ2v) is 5.07. The third-order valence-corrected chi connectivity index (χ3v) is 3.50. The SMILES string of the molecule is COc1cc(CCNC(=O)c2ccc(C(=O)O)o2)c([N+](=O)[O-])cc1OC. The number of ether oxygens (including phenoxy) is 2. The third kappa shape index (κ3) is 4.09. The van der Waals surface area contributed by atoms with E-state index in [1.807, 2.05) is 0 Å². The summed E-state index contributed by atoms with van der Waals surface area (Å²) in [6.45, 7) is 0.0677. The monoisotopic (exact) mass is 364 g/mol. The van der Waals surface area contributed by atoms with Gasteiger partial charge < -0.3 is 24.3 Å². The smallest absolute Gasteiger partial charge is 0.371 e. The van der Waals surface area contributed by atoms with Crippen molar-refractivity contribution in [1.29, 1.82) is 0 Å². The fourth-order valence-corrected chi connectivity index (χ4v) is 2.25. The van der Waals surface area contributed by atoms with Gasteiger partial charge in [-0.1, -0.05) is 0 Å². The number of furan rings is 1. The van der Waals surface area contributed by atoms with Crippen LogP contribution < -0.4 is 14.8 Å². The Morgan fingerprint density at radius 3 is 2.35 bits per heavy atom. The Kier molecular flexibility index (Phi) is 5.78. The van der Waals surface area contributed by atoms with Crippen LogP contribution in [0, 0.1) is 10.1 Å². The van der Waals surface area contributed by atoms with Crippen LogP contribution in [0.2, 0.25) is 0 Å². The zero-order valence-corrected chi connectivity index (χ0v) is 14.0. The van der Waals surface area contributed by atoms with E-state index in [9.17, 15) is 19.7 Å². The fraction of sp³-hybridized carbons (Fsp3) is 0.250. The van der Waals surface area contributed by atoms with Gasteiger partial charge in [-0.3, -0.25) is 14.9 Å². The summed E-state index contributed by atoms with van der Waals surface area (Å²) < 4.78 is 15.1. The first-order valence-electron chi connectivity index (χ1n) is 7.38. The molecule has 2 aromatic rings. The van der Waals surface area contributed by atoms with Gasteiger partial charge in [0.15, 0.2) is 17.3 Å². The first-order chi connectivity index (χ1) is 12.4. The van der Waals surface area contributed by atoms with Crippen molar-refractivity contribution in [3.8, 4) is 11.5 Å². The van der Waals surface area contributed by atoms with Crippen LogP contribution in [0.1, 0.15) is 26.7 Å². The summed E-state index contributed by atoms with van der Waals surface area (Å²) in [6.07, 6.45) is 0.148. The number of carbonyl (C=O) groups is 2. The third-order valence-electron chi connectivity index (χ3n) is 3.50. The van der Waals surface area contributed by atoms with Crippen molar-refractivity contribution in [3.05, 3.63) is 51.5 Å². The van der Waals surface area contributed by atoms with Crippen LogP contribution in [-0.2, 0) is 6.42 Å². The van der Waals surface area contributed by atoms with E-state index in [0.29, 0.717) is 11.3 Å². The minimum Gasteiger partial charge on any atom is -0.493 e. The van der Waals surface area contributed by atoms with E-state index in [-0.39, 0.29) is 35.9 Å². The van der Waals surface area contributed by atoms with Gasteiger partial charge in [-0.25, -0.2) is 4.79 Å². The minimum absolute atomic E-state index is 0.0677. The van der Waals surface area contributed by atoms with E-state index >= 15 is 0 Å². The second-order valence-electron chi connectivity index (χ2n) is 5.07. The number of nitrogens with one attached hydrogen (secondary N) is 1. The number of hydrogen-bond acceptors (Lipinski definition) is 7. The van der Waals surface area contributed by atoms with Crippen LogP contribution in [0.3, 0.4) is 0 Å². The predicted molar refractivity (Wildman–Crippen MR) is 87.9 cm³/mol. The maximum atomic E-state index is 11.9. The number of nitro groups is 1. The molecule has 0 aliphatic carbocycles. The molecule has 0 unspecified atom stereocenters. The normalized spacial score (nSPS) is 10.2. The molecule has 26 heavy (non-hydrogen) atoms. The number of nitrogens with zero attached hydrogens (tertiary/aromatic N) is 1. The van der Waals surface area contributed by atoms with E-state index in [2.05, 4.69) is 5.32 Å². The summed E-state index contributed by atoms with van der Waals surface area (Å²) in [5, 5.41) is 22.5. The predicted octanol–water partition coefficient (Wildman–Crippen LogP) is 1.88. The molecule has 0 atom stereocenters. The number of rotatable bonds is 8. The van der Waals surface area contributed by atoms with Crippen molar-refractivity contribution in [2.75, 3.05) is 20.8 Å². The molecule has 1 aromatic carbocycles. The molecule has 138 valence electrons. The Labute approximate surface area is 147 Å². The lowest BCUT2D eigenvalue weighted by Gasteiger charge is -2.10. The molecule has 1 heterocycles. The lowest BCUT2D eigenvalue weighted by molar-refractivity contribution is -0.385. The molecule has 0 saturated carbocycles. The first kappa shape index (κ1) is 18.8. The molecule has 1 aromatic heterocycles. The maximum Gasteiger partial charge on any atom is 0.371 e. The van der Waals surface area contributed by atoms with Crippen molar-refractivity contribution in [2.24, 2.45) is 0 Å². The highest BCUT2D eigenvalue weighted by molar-refractivity contribution is 5.93. The molecule has 0 fully saturated rings. The largest absolute Gasteiger partial charge is 0.493 e. The summed E-state index contributed by atoms with van der Waals surface area (Å²) >= 11 is 0. The van der Waals surface area contributed by atoms with Gasteiger partial charge in [0.1, 0.15) is 0 Å². The van der Waals surface area contributed by atoms with Crippen LogP contribution in [0.25, 0.3) is 0 Å². The summed E-state index contributed by atoms with van der Waals surface area (Å²) in [6, 6.07) is 5.12. The Hall–Kier alpha value is -3.56. The highest BCUT2D eigenvalue weighted by atomic mass is 16.6. The quantitative estimate of drug-likeness (QED) is 0.534. The van der Waals surface area contributed by atoms with Crippen LogP contribution in [0.15, 0.2) is 28.7 Å². The number of carboxylic acid groups (broad SMARTS) is 1. The van der Waals surface area contributed by atoms with Crippen LogP contribution in [0.4, 0.5) is 5.69 Å². The van der Waals surface area contributed by atoms with Crippen LogP contribution >= 0.6 is 0 Å². The van der Waals surface area contributed by atoms with Crippen molar-refractivity contribution in [1.82, 2.24) is 5.32 Å². The fourth-order valence-electron chi connectivity index (χ4n) is 2.25. The zero-order valence-electron chi connectivity index (χ0n) is 14.0. The molecule has 10 nitrogen and oxygen atoms in total. The molecule has 10 heteroatoms. The number of methoxy groups -OCH3 is 2. The highest BCUT2D eigenvalue weighted by Crippen LogP contribution is 2.34. The summed E-state index contributed by atoms with van der Waals surface area (Å²) in [7, 11) is 2.78. The number of benzene rings is 1. The number of carboxylic acids is 1. The van der Waals surface area contributed by atoms with Crippen molar-refractivity contribution >= 4 is 17.6 Å². The zero-order chi connectivity index (χ0) is 19.3. The van der Waals surface area contributed by atoms with E-state index in [0.717, 1.165) is 6.07 Å². The molecule has 2 N–H and O–H groups in total. The van der Waals surface area contributed by atoms with Gasteiger partial charge in [-0.05, 0) is 24.6 Å². The van der Waals surface area contributed by atoms with Crippen LogP contribution in [0.5, 0.6) is 11.5 Å². The number of carbonyl (C=O) groups excluding carboxylic acids is 1. The molecule has 1 amide bonds. The van der Waals surface area contributed by atoms with Gasteiger partial charge in [-0.2, -0.15) is 0 Å². The summed E-state index contributed by atoms with van der Waals surface area (Å²) in [5.74, 6) is -1.87. The number of amides is 1. The van der Waals surface area contributed by atoms with Crippen molar-refractivity contribution < 1.29 is 33.5 Å². The Morgan fingerprint density at radius 1 is 1.19 bits per heavy atom. The molecule has 0 aliphatic rings. The molecule has 0 aliphatic heterocycles. The Bertz CT molecular complexity index is 843. The Morgan fingerprint density at radius 2 is 1.81 bits per heavy atom. The van der Waals surface area contributed by atoms with Crippen LogP contribution in [-0.4, -0.2) is 42.7 Å². The standard InChI is InChI=1S/C16H16N2O8/c1-24-13-7-9(10(18(22)23)8-14(13)25-2)5-6-17-15(19)11-3-4-12(26-11)16(20)21/h3-4,7-8H,5-6H2,1-2H3,(H,17,19)(H,20,21). The van der Waals surface area contributed by atoms with Gasteiger partial charge >= 0.3 is 5.97 Å². The first-order valence-corrected chi connectivity index (χ1v) is 7.38. The lowest BCUT2D eigenvalue weighted by Crippen LogP contribution is -2.25. The molecule has 0 saturated heterocycles. The lowest BCUT2D eigenvalue weighted by atomic mass is 10.1. The second kappa shape index (κ2) is 8.01. The average Bonchev–Trinajstić information content (AvgIpc) is 3.11. The molecular formula is C16H16N2O8. The van der Waals surface area contributed by atoms with Crippen molar-refractivity contribution in [3.63, 3.8) is 0 Å². The average molecular weight is 364 g/mol. The maximum absolute atomic E-state index is 11.9. The molecular weight excluding hydrogens is 348 g/mol. The molecule has 0 bridgehead atoms. The molecule has 2 rings (SSSR count). The van der Waals surface area contributed by atoms with E-state index in [4.69, 9.17) is 19.0 Å². The summed E-state index contributed by atoms with van der Waals surface area (Å²) in [4.78, 5) is 33.4. The molecule has 0 spiro atoms. The van der Waals surface area contributed by atoms with E-state index in [1.54, 1.807) is 0 Å². The molecule has 0 radical (unpaired) electrons. The number of hydrogen-bond donors (Lipinski definition) is 2. The van der Waals surface area contributed by atoms with E-state index < -0.39 is 16.8 Å². The minimum atomic E-state index is -1.29. The van der Waals surface area contributed by atoms with Gasteiger partial charge in [-0.15, -0.1) is 0 Å². The van der Waals surface area contributed by atoms with Gasteiger partial charge in [0, 0.05) is 12.1 Å². The topological polar surface area (TPSA) is 141 Å². The summed E-state index contributed by atoms with van der Waals surface area (Å²) in [5.41, 5.74) is 0.182. The number of aromatic carboxylic acids is 1. The van der Waals surface area contributed by atoms with Gasteiger partial charge in [0.2, 0.25) is 5.76 Å². The highest BCUT2D eigenvalue weighted by Gasteiger charge is 2.20. The van der Waals surface area contributed by atoms with Gasteiger partial charge in [0.05, 0.1) is 25.2 Å². The number of nitro benzene ring substituents is 1. The van der Waals surface area contributed by atoms with Crippen molar-refractivity contribution in [2.45, 2.75) is 6.42 Å². The Balaban J connectivity index is 2.09. The van der Waals surface area contributed by atoms with Gasteiger partial charge in [0.25, 0.3) is 11.6 Å². The van der Waals surface area contributed by atoms with E-state index in [1.165, 1.54) is 32.4 Å².